The zero-order chi connectivity index (χ0) is 21.5. The molecule has 0 bridgehead atoms. The van der Waals surface area contributed by atoms with E-state index in [0.29, 0.717) is 24.0 Å². The number of hydrogen-bond acceptors (Lipinski definition) is 3. The van der Waals surface area contributed by atoms with Crippen LogP contribution in [0.15, 0.2) is 66.7 Å². The van der Waals surface area contributed by atoms with E-state index in [0.717, 1.165) is 34.1 Å². The molecule has 158 valence electrons. The van der Waals surface area contributed by atoms with Gasteiger partial charge in [0.1, 0.15) is 5.75 Å². The molecule has 0 fully saturated rings. The third-order valence-corrected chi connectivity index (χ3v) is 6.50. The molecule has 0 saturated heterocycles. The second kappa shape index (κ2) is 7.77. The summed E-state index contributed by atoms with van der Waals surface area (Å²) in [6, 6.07) is 18.1. The van der Waals surface area contributed by atoms with E-state index < -0.39 is 0 Å². The lowest BCUT2D eigenvalue weighted by Gasteiger charge is -2.38. The number of phenolic OH excluding ortho intramolecular Hbond substituents is 1. The van der Waals surface area contributed by atoms with Gasteiger partial charge in [0.15, 0.2) is 0 Å². The van der Waals surface area contributed by atoms with Crippen molar-refractivity contribution in [2.45, 2.75) is 38.6 Å². The first kappa shape index (κ1) is 19.7. The predicted octanol–water partition coefficient (Wildman–Crippen LogP) is 6.36. The standard InChI is InChI=1S/C27H28N2O2/c1-16(2)14-25(31)28-18-11-12-23-22(15-18)20-8-5-9-21(20)27(29-23)26-19-7-4-3-6-17(19)10-13-24(26)30/h3-8,10-13,15-16,20-21,27,29-30H,9,14H2,1-2H3,(H,28,31). The van der Waals surface area contributed by atoms with Gasteiger partial charge in [0, 0.05) is 29.3 Å². The Bertz CT molecular complexity index is 1180. The molecular formula is C27H28N2O2. The number of allylic oxidation sites excluding steroid dienone is 2. The van der Waals surface area contributed by atoms with Crippen LogP contribution in [-0.2, 0) is 4.79 Å². The van der Waals surface area contributed by atoms with E-state index in [4.69, 9.17) is 0 Å². The molecule has 0 spiro atoms. The lowest BCUT2D eigenvalue weighted by Crippen LogP contribution is -2.29. The molecule has 4 nitrogen and oxygen atoms in total. The maximum atomic E-state index is 12.2. The first-order chi connectivity index (χ1) is 15.0. The highest BCUT2D eigenvalue weighted by Gasteiger charge is 2.39. The van der Waals surface area contributed by atoms with Crippen LogP contribution in [0.5, 0.6) is 5.75 Å². The van der Waals surface area contributed by atoms with Crippen molar-refractivity contribution in [3.63, 3.8) is 0 Å². The average molecular weight is 413 g/mol. The quantitative estimate of drug-likeness (QED) is 0.437. The van der Waals surface area contributed by atoms with Gasteiger partial charge in [-0.1, -0.05) is 56.3 Å². The molecule has 1 amide bonds. The number of phenols is 1. The van der Waals surface area contributed by atoms with Crippen LogP contribution in [0, 0.1) is 11.8 Å². The van der Waals surface area contributed by atoms with Gasteiger partial charge < -0.3 is 15.7 Å². The fourth-order valence-electron chi connectivity index (χ4n) is 5.15. The van der Waals surface area contributed by atoms with Crippen LogP contribution in [0.4, 0.5) is 11.4 Å². The van der Waals surface area contributed by atoms with Crippen molar-refractivity contribution >= 4 is 28.1 Å². The van der Waals surface area contributed by atoms with Gasteiger partial charge in [0.05, 0.1) is 6.04 Å². The molecule has 0 saturated carbocycles. The Balaban J connectivity index is 1.53. The highest BCUT2D eigenvalue weighted by molar-refractivity contribution is 5.92. The minimum absolute atomic E-state index is 0.0139. The highest BCUT2D eigenvalue weighted by Crippen LogP contribution is 2.52. The largest absolute Gasteiger partial charge is 0.508 e. The molecule has 1 aliphatic carbocycles. The van der Waals surface area contributed by atoms with Crippen LogP contribution in [0.2, 0.25) is 0 Å². The van der Waals surface area contributed by atoms with Crippen molar-refractivity contribution in [1.29, 1.82) is 0 Å². The van der Waals surface area contributed by atoms with Crippen LogP contribution in [0.25, 0.3) is 10.8 Å². The Hall–Kier alpha value is -3.27. The van der Waals surface area contributed by atoms with Gasteiger partial charge >= 0.3 is 0 Å². The second-order valence-corrected chi connectivity index (χ2v) is 9.14. The van der Waals surface area contributed by atoms with Crippen LogP contribution in [0.1, 0.15) is 49.8 Å². The number of carbonyl (C=O) groups excluding carboxylic acids is 1. The van der Waals surface area contributed by atoms with Gasteiger partial charge in [-0.25, -0.2) is 0 Å². The summed E-state index contributed by atoms with van der Waals surface area (Å²) < 4.78 is 0. The van der Waals surface area contributed by atoms with Crippen molar-refractivity contribution in [3.05, 3.63) is 77.9 Å². The minimum Gasteiger partial charge on any atom is -0.508 e. The molecule has 1 heterocycles. The number of rotatable bonds is 4. The first-order valence-electron chi connectivity index (χ1n) is 11.1. The van der Waals surface area contributed by atoms with Gasteiger partial charge in [0.2, 0.25) is 5.91 Å². The summed E-state index contributed by atoms with van der Waals surface area (Å²) in [7, 11) is 0. The SMILES string of the molecule is CC(C)CC(=O)Nc1ccc2c(c1)C1C=CCC1C(c1c(O)ccc3ccccc13)N2. The fraction of sp³-hybridized carbons (Fsp3) is 0.296. The third kappa shape index (κ3) is 3.56. The van der Waals surface area contributed by atoms with Crippen LogP contribution < -0.4 is 10.6 Å². The van der Waals surface area contributed by atoms with Gasteiger partial charge in [0.25, 0.3) is 0 Å². The van der Waals surface area contributed by atoms with Crippen molar-refractivity contribution < 1.29 is 9.90 Å². The summed E-state index contributed by atoms with van der Waals surface area (Å²) in [5, 5.41) is 19.8. The number of anilines is 2. The molecule has 3 aromatic carbocycles. The maximum absolute atomic E-state index is 12.2. The van der Waals surface area contributed by atoms with E-state index in [-0.39, 0.29) is 17.9 Å². The van der Waals surface area contributed by atoms with Gasteiger partial charge in [-0.15, -0.1) is 0 Å². The normalized spacial score (nSPS) is 21.6. The topological polar surface area (TPSA) is 61.4 Å². The zero-order valence-electron chi connectivity index (χ0n) is 17.9. The Kier molecular flexibility index (Phi) is 4.93. The molecule has 3 atom stereocenters. The maximum Gasteiger partial charge on any atom is 0.224 e. The van der Waals surface area contributed by atoms with Gasteiger partial charge in [-0.2, -0.15) is 0 Å². The molecule has 0 aromatic heterocycles. The average Bonchev–Trinajstić information content (AvgIpc) is 3.23. The number of fused-ring (bicyclic) bond motifs is 4. The Labute approximate surface area is 183 Å². The molecule has 1 aliphatic heterocycles. The summed E-state index contributed by atoms with van der Waals surface area (Å²) in [5.41, 5.74) is 4.08. The highest BCUT2D eigenvalue weighted by atomic mass is 16.3. The molecule has 2 aliphatic rings. The molecule has 5 rings (SSSR count). The van der Waals surface area contributed by atoms with E-state index in [1.165, 1.54) is 5.56 Å². The summed E-state index contributed by atoms with van der Waals surface area (Å²) >= 11 is 0. The summed E-state index contributed by atoms with van der Waals surface area (Å²) in [5.74, 6) is 1.28. The fourth-order valence-corrected chi connectivity index (χ4v) is 5.15. The third-order valence-electron chi connectivity index (χ3n) is 6.50. The number of nitrogens with one attached hydrogen (secondary N) is 2. The summed E-state index contributed by atoms with van der Waals surface area (Å²) in [6.45, 7) is 4.10. The number of aromatic hydroxyl groups is 1. The molecule has 4 heteroatoms. The zero-order valence-corrected chi connectivity index (χ0v) is 17.9. The second-order valence-electron chi connectivity index (χ2n) is 9.14. The Morgan fingerprint density at radius 2 is 2.00 bits per heavy atom. The summed E-state index contributed by atoms with van der Waals surface area (Å²) in [6.07, 6.45) is 5.99. The lowest BCUT2D eigenvalue weighted by atomic mass is 9.76. The van der Waals surface area contributed by atoms with Crippen molar-refractivity contribution in [2.24, 2.45) is 11.8 Å². The smallest absolute Gasteiger partial charge is 0.224 e. The van der Waals surface area contributed by atoms with Crippen molar-refractivity contribution in [1.82, 2.24) is 0 Å². The van der Waals surface area contributed by atoms with Crippen LogP contribution >= 0.6 is 0 Å². The van der Waals surface area contributed by atoms with E-state index in [9.17, 15) is 9.90 Å². The number of hydrogen-bond donors (Lipinski definition) is 3. The molecule has 3 N–H and O–H groups in total. The van der Waals surface area contributed by atoms with E-state index in [1.54, 1.807) is 6.07 Å². The molecule has 0 radical (unpaired) electrons. The summed E-state index contributed by atoms with van der Waals surface area (Å²) in [4.78, 5) is 12.2. The monoisotopic (exact) mass is 412 g/mol. The number of benzene rings is 3. The minimum atomic E-state index is 0.0139. The molecule has 31 heavy (non-hydrogen) atoms. The number of amides is 1. The predicted molar refractivity (Wildman–Crippen MR) is 126 cm³/mol. The van der Waals surface area contributed by atoms with Crippen LogP contribution in [0.3, 0.4) is 0 Å². The van der Waals surface area contributed by atoms with Crippen molar-refractivity contribution in [3.8, 4) is 5.75 Å². The number of carbonyl (C=O) groups is 1. The molecule has 3 aromatic rings. The Morgan fingerprint density at radius 3 is 2.84 bits per heavy atom. The van der Waals surface area contributed by atoms with E-state index in [2.05, 4.69) is 47.1 Å². The van der Waals surface area contributed by atoms with Gasteiger partial charge in [-0.3, -0.25) is 4.79 Å². The Morgan fingerprint density at radius 1 is 1.16 bits per heavy atom. The first-order valence-corrected chi connectivity index (χ1v) is 11.1. The molecular weight excluding hydrogens is 384 g/mol. The van der Waals surface area contributed by atoms with E-state index >= 15 is 0 Å². The van der Waals surface area contributed by atoms with Gasteiger partial charge in [-0.05, 0) is 58.9 Å². The lowest BCUT2D eigenvalue weighted by molar-refractivity contribution is -0.116. The molecule has 3 unspecified atom stereocenters. The van der Waals surface area contributed by atoms with E-state index in [1.807, 2.05) is 38.1 Å². The van der Waals surface area contributed by atoms with Crippen molar-refractivity contribution in [2.75, 3.05) is 10.6 Å². The van der Waals surface area contributed by atoms with Crippen LogP contribution in [-0.4, -0.2) is 11.0 Å².